The molecule has 0 spiro atoms. The summed E-state index contributed by atoms with van der Waals surface area (Å²) in [7, 11) is 1.59. The molecule has 37 heavy (non-hydrogen) atoms. The van der Waals surface area contributed by atoms with Gasteiger partial charge in [0, 0.05) is 49.9 Å². The third kappa shape index (κ3) is 6.03. The second-order valence-corrected chi connectivity index (χ2v) is 9.52. The highest BCUT2D eigenvalue weighted by molar-refractivity contribution is 6.31. The molecule has 3 heterocycles. The lowest BCUT2D eigenvalue weighted by atomic mass is 10.2. The number of nitrogens with zero attached hydrogens (tertiary/aromatic N) is 4. The number of methoxy groups -OCH3 is 1. The first-order chi connectivity index (χ1) is 18.0. The first kappa shape index (κ1) is 25.4. The van der Waals surface area contributed by atoms with E-state index in [1.165, 1.54) is 18.5 Å². The molecule has 5 rings (SSSR count). The molecule has 0 bridgehead atoms. The van der Waals surface area contributed by atoms with Crippen molar-refractivity contribution in [1.29, 1.82) is 0 Å². The molecule has 1 aromatic heterocycles. The molecule has 1 N–H and O–H groups in total. The molecule has 9 nitrogen and oxygen atoms in total. The van der Waals surface area contributed by atoms with E-state index < -0.39 is 5.82 Å². The molecule has 1 unspecified atom stereocenters. The van der Waals surface area contributed by atoms with Gasteiger partial charge in [0.25, 0.3) is 0 Å². The van der Waals surface area contributed by atoms with Crippen molar-refractivity contribution in [1.82, 2.24) is 19.8 Å². The molecule has 0 saturated carbocycles. The molecule has 0 radical (unpaired) electrons. The minimum atomic E-state index is -0.484. The third-order valence-corrected chi connectivity index (χ3v) is 7.03. The van der Waals surface area contributed by atoms with E-state index in [1.54, 1.807) is 13.2 Å². The Hall–Kier alpha value is -3.21. The van der Waals surface area contributed by atoms with Crippen molar-refractivity contribution < 1.29 is 23.4 Å². The number of benzene rings is 2. The Morgan fingerprint density at radius 2 is 2.00 bits per heavy atom. The van der Waals surface area contributed by atoms with Gasteiger partial charge in [-0.15, -0.1) is 0 Å². The number of ether oxygens (including phenoxy) is 3. The van der Waals surface area contributed by atoms with Crippen LogP contribution in [0.4, 0.5) is 15.9 Å². The fraction of sp³-hybridized carbons (Fsp3) is 0.423. The number of cyclic esters (lactones) is 1. The lowest BCUT2D eigenvalue weighted by Gasteiger charge is -2.37. The smallest absolute Gasteiger partial charge is 0.307 e. The van der Waals surface area contributed by atoms with Crippen LogP contribution in [-0.4, -0.2) is 84.8 Å². The van der Waals surface area contributed by atoms with Gasteiger partial charge < -0.3 is 24.4 Å². The SMILES string of the molecule is COc1cc2ncnc(Nc3ccc(F)c(Cl)c3)c2cc1OCCCN1CCN(C2COC(=O)C2)CC1. The average Bonchev–Trinajstić information content (AvgIpc) is 3.35. The maximum Gasteiger partial charge on any atom is 0.307 e. The number of anilines is 2. The quantitative estimate of drug-likeness (QED) is 0.327. The summed E-state index contributed by atoms with van der Waals surface area (Å²) in [5.74, 6) is 1.15. The predicted molar refractivity (Wildman–Crippen MR) is 138 cm³/mol. The largest absolute Gasteiger partial charge is 0.493 e. The van der Waals surface area contributed by atoms with E-state index >= 15 is 0 Å². The lowest BCUT2D eigenvalue weighted by molar-refractivity contribution is -0.137. The van der Waals surface area contributed by atoms with E-state index in [9.17, 15) is 9.18 Å². The van der Waals surface area contributed by atoms with Gasteiger partial charge >= 0.3 is 5.97 Å². The van der Waals surface area contributed by atoms with Gasteiger partial charge in [-0.1, -0.05) is 11.6 Å². The second kappa shape index (κ2) is 11.5. The van der Waals surface area contributed by atoms with Crippen molar-refractivity contribution in [3.63, 3.8) is 0 Å². The predicted octanol–water partition coefficient (Wildman–Crippen LogP) is 3.88. The molecule has 196 valence electrons. The fourth-order valence-corrected chi connectivity index (χ4v) is 4.88. The van der Waals surface area contributed by atoms with E-state index in [-0.39, 0.29) is 17.0 Å². The monoisotopic (exact) mass is 529 g/mol. The summed E-state index contributed by atoms with van der Waals surface area (Å²) >= 11 is 5.92. The summed E-state index contributed by atoms with van der Waals surface area (Å²) in [5, 5.41) is 3.95. The Kier molecular flexibility index (Phi) is 7.87. The molecule has 2 aromatic carbocycles. The minimum absolute atomic E-state index is 0.0260. The highest BCUT2D eigenvalue weighted by Crippen LogP contribution is 2.35. The zero-order chi connectivity index (χ0) is 25.8. The van der Waals surface area contributed by atoms with Crippen LogP contribution in [0, 0.1) is 5.82 Å². The van der Waals surface area contributed by atoms with Crippen molar-refractivity contribution in [2.45, 2.75) is 18.9 Å². The molecular formula is C26H29ClFN5O4. The van der Waals surface area contributed by atoms with Gasteiger partial charge in [0.15, 0.2) is 11.5 Å². The number of fused-ring (bicyclic) bond motifs is 1. The third-order valence-electron chi connectivity index (χ3n) is 6.74. The van der Waals surface area contributed by atoms with Crippen LogP contribution in [-0.2, 0) is 9.53 Å². The molecule has 2 fully saturated rings. The Morgan fingerprint density at radius 1 is 1.16 bits per heavy atom. The summed E-state index contributed by atoms with van der Waals surface area (Å²) in [4.78, 5) is 24.9. The maximum atomic E-state index is 13.6. The fourth-order valence-electron chi connectivity index (χ4n) is 4.70. The van der Waals surface area contributed by atoms with E-state index in [2.05, 4.69) is 25.1 Å². The van der Waals surface area contributed by atoms with E-state index in [0.29, 0.717) is 48.2 Å². The summed E-state index contributed by atoms with van der Waals surface area (Å²) in [6.07, 6.45) is 2.81. The van der Waals surface area contributed by atoms with Gasteiger partial charge in [-0.25, -0.2) is 14.4 Å². The Morgan fingerprint density at radius 3 is 2.73 bits per heavy atom. The summed E-state index contributed by atoms with van der Waals surface area (Å²) in [6, 6.07) is 8.29. The van der Waals surface area contributed by atoms with Crippen LogP contribution < -0.4 is 14.8 Å². The highest BCUT2D eigenvalue weighted by atomic mass is 35.5. The van der Waals surface area contributed by atoms with Gasteiger partial charge in [0.1, 0.15) is 24.6 Å². The van der Waals surface area contributed by atoms with Crippen LogP contribution in [0.15, 0.2) is 36.7 Å². The number of hydrogen-bond acceptors (Lipinski definition) is 9. The van der Waals surface area contributed by atoms with Crippen molar-refractivity contribution in [3.8, 4) is 11.5 Å². The van der Waals surface area contributed by atoms with E-state index in [0.717, 1.165) is 44.5 Å². The molecule has 2 aliphatic heterocycles. The number of aromatic nitrogens is 2. The van der Waals surface area contributed by atoms with E-state index in [4.69, 9.17) is 25.8 Å². The van der Waals surface area contributed by atoms with Crippen molar-refractivity contribution in [2.24, 2.45) is 0 Å². The lowest BCUT2D eigenvalue weighted by Crippen LogP contribution is -2.50. The zero-order valence-corrected chi connectivity index (χ0v) is 21.3. The van der Waals surface area contributed by atoms with Crippen LogP contribution in [0.25, 0.3) is 10.9 Å². The topological polar surface area (TPSA) is 89.1 Å². The van der Waals surface area contributed by atoms with Crippen molar-refractivity contribution in [2.75, 3.05) is 58.4 Å². The molecule has 0 amide bonds. The normalized spacial score (nSPS) is 18.7. The van der Waals surface area contributed by atoms with Crippen LogP contribution >= 0.6 is 11.6 Å². The Balaban J connectivity index is 1.19. The average molecular weight is 530 g/mol. The van der Waals surface area contributed by atoms with Gasteiger partial charge in [-0.05, 0) is 30.7 Å². The minimum Gasteiger partial charge on any atom is -0.493 e. The molecule has 1 atom stereocenters. The zero-order valence-electron chi connectivity index (χ0n) is 20.6. The van der Waals surface area contributed by atoms with E-state index in [1.807, 2.05) is 12.1 Å². The number of hydrogen-bond donors (Lipinski definition) is 1. The second-order valence-electron chi connectivity index (χ2n) is 9.12. The van der Waals surface area contributed by atoms with Crippen LogP contribution in [0.1, 0.15) is 12.8 Å². The molecule has 3 aromatic rings. The summed E-state index contributed by atoms with van der Waals surface area (Å²) < 4.78 is 30.3. The summed E-state index contributed by atoms with van der Waals surface area (Å²) in [6.45, 7) is 5.77. The number of carbonyl (C=O) groups excluding carboxylic acids is 1. The van der Waals surface area contributed by atoms with Crippen LogP contribution in [0.2, 0.25) is 5.02 Å². The maximum absolute atomic E-state index is 13.6. The Labute approximate surface area is 219 Å². The van der Waals surface area contributed by atoms with Gasteiger partial charge in [0.2, 0.25) is 0 Å². The number of carbonyl (C=O) groups is 1. The van der Waals surface area contributed by atoms with Gasteiger partial charge in [-0.2, -0.15) is 0 Å². The molecule has 0 aliphatic carbocycles. The number of rotatable bonds is 9. The first-order valence-electron chi connectivity index (χ1n) is 12.3. The molecule has 2 aliphatic rings. The van der Waals surface area contributed by atoms with Gasteiger partial charge in [-0.3, -0.25) is 9.69 Å². The van der Waals surface area contributed by atoms with Crippen molar-refractivity contribution in [3.05, 3.63) is 47.5 Å². The molecule has 11 heteroatoms. The van der Waals surface area contributed by atoms with Crippen LogP contribution in [0.5, 0.6) is 11.5 Å². The number of piperazine rings is 1. The van der Waals surface area contributed by atoms with Crippen LogP contribution in [0.3, 0.4) is 0 Å². The molecular weight excluding hydrogens is 501 g/mol. The highest BCUT2D eigenvalue weighted by Gasteiger charge is 2.31. The number of esters is 1. The van der Waals surface area contributed by atoms with Gasteiger partial charge in [0.05, 0.1) is 36.7 Å². The number of nitrogens with one attached hydrogen (secondary N) is 1. The molecule has 2 saturated heterocycles. The van der Waals surface area contributed by atoms with Crippen molar-refractivity contribution >= 4 is 40.0 Å². The number of halogens is 2. The Bertz CT molecular complexity index is 1270. The standard InChI is InChI=1S/C26H29ClFN5O4/c1-35-23-14-22-19(26(30-16-29-22)31-17-3-4-21(28)20(27)11-17)13-24(23)36-10-2-5-32-6-8-33(9-7-32)18-12-25(34)37-15-18/h3-4,11,13-14,16,18H,2,5-10,12,15H2,1H3,(H,29,30,31). The first-order valence-corrected chi connectivity index (χ1v) is 12.7. The summed E-state index contributed by atoms with van der Waals surface area (Å²) in [5.41, 5.74) is 1.29.